The van der Waals surface area contributed by atoms with E-state index in [2.05, 4.69) is 99.4 Å². The summed E-state index contributed by atoms with van der Waals surface area (Å²) < 4.78 is 1.13. The van der Waals surface area contributed by atoms with Crippen LogP contribution in [0.3, 0.4) is 0 Å². The second-order valence-corrected chi connectivity index (χ2v) is 7.38. The molecule has 2 heteroatoms. The second-order valence-electron chi connectivity index (χ2n) is 5.35. The Labute approximate surface area is 142 Å². The average molecular weight is 404 g/mol. The summed E-state index contributed by atoms with van der Waals surface area (Å²) in [7, 11) is 0. The first-order valence-electron chi connectivity index (χ1n) is 7.01. The van der Waals surface area contributed by atoms with Gasteiger partial charge in [0.2, 0.25) is 0 Å². The van der Waals surface area contributed by atoms with E-state index in [1.807, 2.05) is 0 Å². The van der Waals surface area contributed by atoms with Gasteiger partial charge in [-0.05, 0) is 52.9 Å². The molecule has 0 amide bonds. The lowest BCUT2D eigenvalue weighted by Gasteiger charge is -2.14. The van der Waals surface area contributed by atoms with Crippen LogP contribution >= 0.6 is 31.9 Å². The molecule has 21 heavy (non-hydrogen) atoms. The number of benzene rings is 3. The number of alkyl halides is 1. The molecule has 0 aliphatic heterocycles. The zero-order valence-corrected chi connectivity index (χ0v) is 15.0. The van der Waals surface area contributed by atoms with Gasteiger partial charge in [0.05, 0.1) is 0 Å². The minimum Gasteiger partial charge on any atom is -0.0835 e. The summed E-state index contributed by atoms with van der Waals surface area (Å²) in [4.78, 5) is 0.330. The highest BCUT2D eigenvalue weighted by molar-refractivity contribution is 9.10. The Balaban J connectivity index is 1.88. The molecule has 0 saturated carbocycles. The summed E-state index contributed by atoms with van der Waals surface area (Å²) in [6, 6.07) is 21.7. The van der Waals surface area contributed by atoms with Gasteiger partial charge < -0.3 is 0 Å². The number of aryl methyl sites for hydroxylation is 1. The Morgan fingerprint density at radius 1 is 0.905 bits per heavy atom. The van der Waals surface area contributed by atoms with Gasteiger partial charge in [0, 0.05) is 9.30 Å². The van der Waals surface area contributed by atoms with Crippen molar-refractivity contribution < 1.29 is 0 Å². The van der Waals surface area contributed by atoms with Gasteiger partial charge in [-0.25, -0.2) is 0 Å². The van der Waals surface area contributed by atoms with Crippen LogP contribution in [0.5, 0.6) is 0 Å². The van der Waals surface area contributed by atoms with E-state index in [0.29, 0.717) is 4.83 Å². The van der Waals surface area contributed by atoms with Gasteiger partial charge in [-0.3, -0.25) is 0 Å². The maximum absolute atomic E-state index is 3.85. The molecule has 0 bridgehead atoms. The van der Waals surface area contributed by atoms with Crippen LogP contribution in [0.25, 0.3) is 10.8 Å². The van der Waals surface area contributed by atoms with Crippen molar-refractivity contribution in [3.8, 4) is 0 Å². The van der Waals surface area contributed by atoms with Gasteiger partial charge in [-0.2, -0.15) is 0 Å². The number of rotatable bonds is 3. The molecule has 3 aromatic rings. The molecule has 1 atom stereocenters. The number of hydrogen-bond donors (Lipinski definition) is 0. The minimum atomic E-state index is 0.330. The third-order valence-corrected chi connectivity index (χ3v) is 5.12. The van der Waals surface area contributed by atoms with Crippen molar-refractivity contribution in [3.63, 3.8) is 0 Å². The van der Waals surface area contributed by atoms with Crippen LogP contribution in [0.4, 0.5) is 0 Å². The van der Waals surface area contributed by atoms with Crippen LogP contribution in [-0.4, -0.2) is 0 Å². The van der Waals surface area contributed by atoms with E-state index in [0.717, 1.165) is 10.9 Å². The molecule has 0 radical (unpaired) electrons. The fourth-order valence-corrected chi connectivity index (χ4v) is 3.88. The Hall–Kier alpha value is -1.12. The lowest BCUT2D eigenvalue weighted by atomic mass is 9.99. The Bertz CT molecular complexity index is 777. The molecule has 0 fully saturated rings. The Morgan fingerprint density at radius 2 is 1.67 bits per heavy atom. The number of halogens is 2. The van der Waals surface area contributed by atoms with E-state index in [1.54, 1.807) is 0 Å². The van der Waals surface area contributed by atoms with Crippen LogP contribution in [-0.2, 0) is 6.42 Å². The highest BCUT2D eigenvalue weighted by Crippen LogP contribution is 2.32. The van der Waals surface area contributed by atoms with Crippen molar-refractivity contribution in [1.82, 2.24) is 0 Å². The van der Waals surface area contributed by atoms with Crippen LogP contribution in [0.15, 0.2) is 65.1 Å². The third-order valence-electron chi connectivity index (χ3n) is 3.81. The van der Waals surface area contributed by atoms with E-state index in [-0.39, 0.29) is 0 Å². The molecular formula is C19H16Br2. The molecular weight excluding hydrogens is 388 g/mol. The predicted octanol–water partition coefficient (Wildman–Crippen LogP) is 6.59. The molecule has 0 nitrogen and oxygen atoms in total. The standard InChI is InChI=1S/C19H16Br2/c1-13-6-9-17(20)12-18(13)19(21)11-14-7-8-15-4-2-3-5-16(15)10-14/h2-10,12,19H,11H2,1H3. The molecule has 3 aromatic carbocycles. The zero-order chi connectivity index (χ0) is 14.8. The summed E-state index contributed by atoms with van der Waals surface area (Å²) in [5, 5.41) is 2.60. The summed E-state index contributed by atoms with van der Waals surface area (Å²) in [5.74, 6) is 0. The molecule has 1 unspecified atom stereocenters. The first-order valence-corrected chi connectivity index (χ1v) is 8.72. The molecule has 0 aliphatic carbocycles. The summed E-state index contributed by atoms with van der Waals surface area (Å²) in [6.45, 7) is 2.16. The Morgan fingerprint density at radius 3 is 2.48 bits per heavy atom. The molecule has 0 saturated heterocycles. The van der Waals surface area contributed by atoms with E-state index in [4.69, 9.17) is 0 Å². The number of fused-ring (bicyclic) bond motifs is 1. The monoisotopic (exact) mass is 402 g/mol. The molecule has 0 heterocycles. The molecule has 106 valence electrons. The molecule has 3 rings (SSSR count). The summed E-state index contributed by atoms with van der Waals surface area (Å²) in [5.41, 5.74) is 4.02. The third kappa shape index (κ3) is 3.38. The highest BCUT2D eigenvalue weighted by Gasteiger charge is 2.12. The van der Waals surface area contributed by atoms with Gasteiger partial charge in [-0.15, -0.1) is 0 Å². The van der Waals surface area contributed by atoms with E-state index in [1.165, 1.54) is 27.5 Å². The molecule has 0 spiro atoms. The van der Waals surface area contributed by atoms with E-state index >= 15 is 0 Å². The molecule has 0 aromatic heterocycles. The lowest BCUT2D eigenvalue weighted by Crippen LogP contribution is -1.98. The van der Waals surface area contributed by atoms with Gasteiger partial charge in [0.15, 0.2) is 0 Å². The highest BCUT2D eigenvalue weighted by atomic mass is 79.9. The SMILES string of the molecule is Cc1ccc(Br)cc1C(Br)Cc1ccc2ccccc2c1. The fraction of sp³-hybridized carbons (Fsp3) is 0.158. The minimum absolute atomic E-state index is 0.330. The maximum Gasteiger partial charge on any atom is 0.0438 e. The van der Waals surface area contributed by atoms with Gasteiger partial charge in [0.1, 0.15) is 0 Å². The molecule has 0 aliphatic rings. The first-order chi connectivity index (χ1) is 10.1. The van der Waals surface area contributed by atoms with Crippen LogP contribution in [0.2, 0.25) is 0 Å². The largest absolute Gasteiger partial charge is 0.0835 e. The quantitative estimate of drug-likeness (QED) is 0.432. The van der Waals surface area contributed by atoms with E-state index < -0.39 is 0 Å². The summed E-state index contributed by atoms with van der Waals surface area (Å²) >= 11 is 7.41. The van der Waals surface area contributed by atoms with Gasteiger partial charge in [-0.1, -0.05) is 80.4 Å². The van der Waals surface area contributed by atoms with Crippen LogP contribution in [0.1, 0.15) is 21.5 Å². The second kappa shape index (κ2) is 6.33. The van der Waals surface area contributed by atoms with Crippen LogP contribution < -0.4 is 0 Å². The maximum atomic E-state index is 3.85. The lowest BCUT2D eigenvalue weighted by molar-refractivity contribution is 0.939. The topological polar surface area (TPSA) is 0 Å². The predicted molar refractivity (Wildman–Crippen MR) is 98.2 cm³/mol. The fourth-order valence-electron chi connectivity index (χ4n) is 2.63. The first kappa shape index (κ1) is 14.8. The van der Waals surface area contributed by atoms with Crippen LogP contribution in [0, 0.1) is 6.92 Å². The van der Waals surface area contributed by atoms with E-state index in [9.17, 15) is 0 Å². The number of hydrogen-bond acceptors (Lipinski definition) is 0. The van der Waals surface area contributed by atoms with Crippen molar-refractivity contribution in [2.45, 2.75) is 18.2 Å². The van der Waals surface area contributed by atoms with Crippen molar-refractivity contribution in [3.05, 3.63) is 81.8 Å². The Kier molecular flexibility index (Phi) is 4.46. The van der Waals surface area contributed by atoms with Gasteiger partial charge in [0.25, 0.3) is 0 Å². The van der Waals surface area contributed by atoms with Crippen molar-refractivity contribution >= 4 is 42.6 Å². The van der Waals surface area contributed by atoms with Crippen molar-refractivity contribution in [2.75, 3.05) is 0 Å². The normalized spacial score (nSPS) is 12.5. The smallest absolute Gasteiger partial charge is 0.0438 e. The molecule has 0 N–H and O–H groups in total. The van der Waals surface area contributed by atoms with Gasteiger partial charge >= 0.3 is 0 Å². The van der Waals surface area contributed by atoms with Crippen molar-refractivity contribution in [2.24, 2.45) is 0 Å². The van der Waals surface area contributed by atoms with Crippen molar-refractivity contribution in [1.29, 1.82) is 0 Å². The zero-order valence-electron chi connectivity index (χ0n) is 11.8. The average Bonchev–Trinajstić information content (AvgIpc) is 2.49. The summed E-state index contributed by atoms with van der Waals surface area (Å²) in [6.07, 6.45) is 0.988.